The van der Waals surface area contributed by atoms with Gasteiger partial charge in [0.2, 0.25) is 15.9 Å². The van der Waals surface area contributed by atoms with E-state index in [1.165, 1.54) is 12.1 Å². The van der Waals surface area contributed by atoms with Crippen LogP contribution in [0.2, 0.25) is 0 Å². The second-order valence-electron chi connectivity index (χ2n) is 9.91. The third kappa shape index (κ3) is 4.35. The summed E-state index contributed by atoms with van der Waals surface area (Å²) in [6.07, 6.45) is 0.943. The monoisotopic (exact) mass is 518 g/mol. The number of nitrogens with two attached hydrogens (primary N) is 1. The quantitative estimate of drug-likeness (QED) is 0.628. The van der Waals surface area contributed by atoms with Crippen molar-refractivity contribution in [3.63, 3.8) is 0 Å². The number of sulfonamides is 1. The molecule has 0 unspecified atom stereocenters. The number of hydrogen-bond donors (Lipinski definition) is 2. The molecule has 2 aromatic carbocycles. The van der Waals surface area contributed by atoms with Crippen molar-refractivity contribution in [3.05, 3.63) is 71.0 Å². The van der Waals surface area contributed by atoms with Crippen molar-refractivity contribution in [2.45, 2.75) is 67.7 Å². The first-order valence-corrected chi connectivity index (χ1v) is 13.8. The van der Waals surface area contributed by atoms with Crippen LogP contribution in [0.1, 0.15) is 60.5 Å². The lowest BCUT2D eigenvalue weighted by molar-refractivity contribution is -0.186. The van der Waals surface area contributed by atoms with E-state index in [2.05, 4.69) is 0 Å². The topological polar surface area (TPSA) is 119 Å². The van der Waals surface area contributed by atoms with Gasteiger partial charge >= 0.3 is 0 Å². The minimum atomic E-state index is -3.94. The summed E-state index contributed by atoms with van der Waals surface area (Å²) >= 11 is 0. The molecule has 3 fully saturated rings. The van der Waals surface area contributed by atoms with Gasteiger partial charge in [-0.1, -0.05) is 42.5 Å². The molecule has 1 saturated carbocycles. The van der Waals surface area contributed by atoms with Crippen LogP contribution in [0.5, 0.6) is 0 Å². The molecule has 36 heavy (non-hydrogen) atoms. The molecule has 5 rings (SSSR count). The molecule has 1 amide bonds. The lowest BCUT2D eigenvalue weighted by atomic mass is 9.67. The van der Waals surface area contributed by atoms with Crippen LogP contribution in [0.4, 0.5) is 4.39 Å². The molecule has 1 aliphatic carbocycles. The standard InChI is InChI=1S/C26H31FN2O6S/c27-21-16-20(25(24(28)31)10-12-26(13-11-25)34-14-15-35-26)7-6-19(21)17-29-23(30)9-8-22(36(29,32)33)18-4-2-1-3-5-18/h1-7,16,22-23,30H,8-15,17H2,(H2,28,31)/t22-,23+/m1/s1. The highest BCUT2D eigenvalue weighted by Gasteiger charge is 2.50. The first-order valence-electron chi connectivity index (χ1n) is 12.3. The number of aliphatic hydroxyl groups excluding tert-OH is 1. The van der Waals surface area contributed by atoms with Crippen molar-refractivity contribution in [3.8, 4) is 0 Å². The van der Waals surface area contributed by atoms with E-state index in [-0.39, 0.29) is 24.9 Å². The van der Waals surface area contributed by atoms with E-state index in [1.54, 1.807) is 36.4 Å². The van der Waals surface area contributed by atoms with E-state index in [9.17, 15) is 18.3 Å². The van der Waals surface area contributed by atoms with Gasteiger partial charge in [0.25, 0.3) is 0 Å². The van der Waals surface area contributed by atoms with E-state index in [0.29, 0.717) is 50.0 Å². The van der Waals surface area contributed by atoms with Crippen LogP contribution in [0.25, 0.3) is 0 Å². The van der Waals surface area contributed by atoms with Crippen molar-refractivity contribution in [1.82, 2.24) is 4.31 Å². The Balaban J connectivity index is 1.39. The number of benzene rings is 2. The summed E-state index contributed by atoms with van der Waals surface area (Å²) in [6, 6.07) is 13.2. The maximum Gasteiger partial charge on any atom is 0.228 e. The summed E-state index contributed by atoms with van der Waals surface area (Å²) in [6.45, 7) is 0.694. The molecule has 2 aliphatic heterocycles. The molecule has 8 nitrogen and oxygen atoms in total. The minimum Gasteiger partial charge on any atom is -0.377 e. The van der Waals surface area contributed by atoms with Gasteiger partial charge in [-0.15, -0.1) is 0 Å². The largest absolute Gasteiger partial charge is 0.377 e. The maximum absolute atomic E-state index is 15.4. The Morgan fingerprint density at radius 3 is 2.33 bits per heavy atom. The van der Waals surface area contributed by atoms with Crippen molar-refractivity contribution >= 4 is 15.9 Å². The summed E-state index contributed by atoms with van der Waals surface area (Å²) in [7, 11) is -3.94. The molecule has 0 bridgehead atoms. The number of halogens is 1. The molecular weight excluding hydrogens is 487 g/mol. The molecule has 2 saturated heterocycles. The average Bonchev–Trinajstić information content (AvgIpc) is 3.31. The first kappa shape index (κ1) is 25.3. The zero-order valence-electron chi connectivity index (χ0n) is 19.9. The van der Waals surface area contributed by atoms with Crippen molar-refractivity contribution in [2.75, 3.05) is 13.2 Å². The van der Waals surface area contributed by atoms with Crippen LogP contribution in [-0.4, -0.2) is 49.0 Å². The van der Waals surface area contributed by atoms with E-state index in [4.69, 9.17) is 15.2 Å². The predicted octanol–water partition coefficient (Wildman–Crippen LogP) is 2.85. The lowest BCUT2D eigenvalue weighted by Crippen LogP contribution is -2.49. The summed E-state index contributed by atoms with van der Waals surface area (Å²) in [4.78, 5) is 12.6. The fourth-order valence-corrected chi connectivity index (χ4v) is 7.82. The molecular formula is C26H31FN2O6S. The van der Waals surface area contributed by atoms with Crippen LogP contribution >= 0.6 is 0 Å². The normalized spacial score (nSPS) is 27.2. The molecule has 3 aliphatic rings. The number of carbonyl (C=O) groups is 1. The lowest BCUT2D eigenvalue weighted by Gasteiger charge is -2.42. The predicted molar refractivity (Wildman–Crippen MR) is 129 cm³/mol. The number of nitrogens with zero attached hydrogens (tertiary/aromatic N) is 1. The first-order chi connectivity index (χ1) is 17.2. The minimum absolute atomic E-state index is 0.115. The van der Waals surface area contributed by atoms with Crippen LogP contribution in [0, 0.1) is 5.82 Å². The molecule has 2 aromatic rings. The van der Waals surface area contributed by atoms with Gasteiger partial charge in [-0.3, -0.25) is 4.79 Å². The Hall–Kier alpha value is -2.37. The zero-order chi connectivity index (χ0) is 25.6. The zero-order valence-corrected chi connectivity index (χ0v) is 20.8. The van der Waals surface area contributed by atoms with Crippen LogP contribution in [0.15, 0.2) is 48.5 Å². The number of aliphatic hydroxyl groups is 1. The van der Waals surface area contributed by atoms with Gasteiger partial charge in [0.1, 0.15) is 17.3 Å². The highest BCUT2D eigenvalue weighted by Crippen LogP contribution is 2.47. The Kier molecular flexibility index (Phi) is 6.67. The van der Waals surface area contributed by atoms with Gasteiger partial charge in [-0.2, -0.15) is 4.31 Å². The van der Waals surface area contributed by atoms with Gasteiger partial charge in [-0.25, -0.2) is 12.8 Å². The summed E-state index contributed by atoms with van der Waals surface area (Å²) < 4.78 is 54.6. The Morgan fingerprint density at radius 1 is 1.06 bits per heavy atom. The van der Waals surface area contributed by atoms with Gasteiger partial charge < -0.3 is 20.3 Å². The summed E-state index contributed by atoms with van der Waals surface area (Å²) in [5, 5.41) is 9.73. The number of amides is 1. The van der Waals surface area contributed by atoms with Crippen molar-refractivity contribution in [2.24, 2.45) is 5.73 Å². The Labute approximate surface area is 210 Å². The molecule has 1 spiro atoms. The molecule has 10 heteroatoms. The number of primary amides is 1. The highest BCUT2D eigenvalue weighted by molar-refractivity contribution is 7.89. The van der Waals surface area contributed by atoms with E-state index < -0.39 is 44.4 Å². The average molecular weight is 519 g/mol. The van der Waals surface area contributed by atoms with Crippen molar-refractivity contribution < 1.29 is 32.2 Å². The van der Waals surface area contributed by atoms with E-state index in [1.807, 2.05) is 0 Å². The van der Waals surface area contributed by atoms with Gasteiger partial charge in [0.15, 0.2) is 5.79 Å². The summed E-state index contributed by atoms with van der Waals surface area (Å²) in [5.41, 5.74) is 5.96. The van der Waals surface area contributed by atoms with Crippen molar-refractivity contribution in [1.29, 1.82) is 0 Å². The number of rotatable bonds is 5. The molecule has 2 heterocycles. The molecule has 0 aromatic heterocycles. The Morgan fingerprint density at radius 2 is 1.72 bits per heavy atom. The second-order valence-corrected chi connectivity index (χ2v) is 12.0. The fraction of sp³-hybridized carbons (Fsp3) is 0.500. The van der Waals surface area contributed by atoms with Crippen LogP contribution in [-0.2, 0) is 36.3 Å². The maximum atomic E-state index is 15.4. The molecule has 3 N–H and O–H groups in total. The molecule has 0 radical (unpaired) electrons. The SMILES string of the molecule is NC(=O)C1(c2ccc(CN3[C@@H](O)CC[C@H](c4ccccc4)S3(=O)=O)c(F)c2)CCC2(CC1)OCCO2. The summed E-state index contributed by atoms with van der Waals surface area (Å²) in [5.74, 6) is -1.89. The molecule has 2 atom stereocenters. The number of hydrogen-bond acceptors (Lipinski definition) is 6. The van der Waals surface area contributed by atoms with Crippen LogP contribution < -0.4 is 5.73 Å². The highest BCUT2D eigenvalue weighted by atomic mass is 32.2. The second kappa shape index (κ2) is 9.50. The fourth-order valence-electron chi connectivity index (χ4n) is 5.79. The van der Waals surface area contributed by atoms with Gasteiger partial charge in [0.05, 0.1) is 18.6 Å². The smallest absolute Gasteiger partial charge is 0.228 e. The van der Waals surface area contributed by atoms with Crippen LogP contribution in [0.3, 0.4) is 0 Å². The van der Waals surface area contributed by atoms with Gasteiger partial charge in [0, 0.05) is 24.9 Å². The number of ether oxygens (including phenoxy) is 2. The van der Waals surface area contributed by atoms with Gasteiger partial charge in [-0.05, 0) is 42.9 Å². The third-order valence-corrected chi connectivity index (χ3v) is 10.2. The molecule has 194 valence electrons. The number of carbonyl (C=O) groups excluding carboxylic acids is 1. The Bertz CT molecular complexity index is 1220. The van der Waals surface area contributed by atoms with E-state index >= 15 is 4.39 Å². The third-order valence-electron chi connectivity index (χ3n) is 7.96. The van der Waals surface area contributed by atoms with E-state index in [0.717, 1.165) is 4.31 Å².